The van der Waals surface area contributed by atoms with Gasteiger partial charge >= 0.3 is 5.97 Å². The summed E-state index contributed by atoms with van der Waals surface area (Å²) in [6.45, 7) is 4.16. The van der Waals surface area contributed by atoms with Gasteiger partial charge in [-0.1, -0.05) is 6.92 Å². The van der Waals surface area contributed by atoms with Gasteiger partial charge in [-0.05, 0) is 61.4 Å². The normalized spacial score (nSPS) is 11.4. The third kappa shape index (κ3) is 7.53. The molecular formula is C24H32FN3O5S. The van der Waals surface area contributed by atoms with E-state index in [0.717, 1.165) is 17.8 Å². The quantitative estimate of drug-likeness (QED) is 0.452. The lowest BCUT2D eigenvalue weighted by Gasteiger charge is -2.25. The van der Waals surface area contributed by atoms with Crippen LogP contribution in [0.4, 0.5) is 15.8 Å². The Hall–Kier alpha value is -2.98. The van der Waals surface area contributed by atoms with E-state index in [1.807, 2.05) is 25.9 Å². The van der Waals surface area contributed by atoms with Crippen molar-refractivity contribution in [3.8, 4) is 0 Å². The fourth-order valence-electron chi connectivity index (χ4n) is 3.38. The molecule has 1 amide bonds. The minimum Gasteiger partial charge on any atom is -0.466 e. The van der Waals surface area contributed by atoms with Crippen LogP contribution in [0.3, 0.4) is 0 Å². The molecule has 0 heterocycles. The summed E-state index contributed by atoms with van der Waals surface area (Å²) in [5.41, 5.74) is 1.97. The second-order valence-corrected chi connectivity index (χ2v) is 9.82. The van der Waals surface area contributed by atoms with Crippen LogP contribution in [0.2, 0.25) is 0 Å². The maximum atomic E-state index is 13.3. The molecule has 186 valence electrons. The van der Waals surface area contributed by atoms with Gasteiger partial charge in [-0.2, -0.15) is 4.31 Å². The summed E-state index contributed by atoms with van der Waals surface area (Å²) < 4.78 is 46.0. The molecule has 8 nitrogen and oxygen atoms in total. The number of ether oxygens (including phenoxy) is 1. The molecule has 0 saturated heterocycles. The minimum absolute atomic E-state index is 0.0113. The maximum Gasteiger partial charge on any atom is 0.306 e. The van der Waals surface area contributed by atoms with E-state index in [-0.39, 0.29) is 43.3 Å². The Labute approximate surface area is 200 Å². The number of anilines is 2. The Morgan fingerprint density at radius 3 is 2.29 bits per heavy atom. The molecular weight excluding hydrogens is 461 g/mol. The standard InChI is InChI=1S/C24H32FN3O5S/c1-5-15-28(34(31,32)21-10-7-19(25)8-11-21)17-18-16-20(9-12-22(18)27(3)4)26-23(29)13-14-24(30)33-6-2/h7-12,16H,5-6,13-15,17H2,1-4H3,(H,26,29). The molecule has 2 aromatic rings. The van der Waals surface area contributed by atoms with Crippen molar-refractivity contribution < 1.29 is 27.1 Å². The number of nitrogens with zero attached hydrogens (tertiary/aromatic N) is 2. The zero-order chi connectivity index (χ0) is 25.3. The molecule has 0 unspecified atom stereocenters. The van der Waals surface area contributed by atoms with Crippen LogP contribution in [0.25, 0.3) is 0 Å². The number of hydrogen-bond donors (Lipinski definition) is 1. The van der Waals surface area contributed by atoms with E-state index in [1.165, 1.54) is 16.4 Å². The van der Waals surface area contributed by atoms with Crippen LogP contribution in [0.1, 0.15) is 38.7 Å². The van der Waals surface area contributed by atoms with Crippen molar-refractivity contribution in [2.24, 2.45) is 0 Å². The third-order valence-electron chi connectivity index (χ3n) is 4.98. The Kier molecular flexibility index (Phi) is 10.0. The van der Waals surface area contributed by atoms with Crippen molar-refractivity contribution in [2.45, 2.75) is 44.6 Å². The molecule has 0 aromatic heterocycles. The molecule has 1 N–H and O–H groups in total. The molecule has 2 rings (SSSR count). The van der Waals surface area contributed by atoms with E-state index in [9.17, 15) is 22.4 Å². The first-order valence-corrected chi connectivity index (χ1v) is 12.5. The molecule has 0 atom stereocenters. The zero-order valence-electron chi connectivity index (χ0n) is 20.0. The first-order chi connectivity index (χ1) is 16.1. The van der Waals surface area contributed by atoms with Crippen LogP contribution in [0.5, 0.6) is 0 Å². The molecule has 0 bridgehead atoms. The number of hydrogen-bond acceptors (Lipinski definition) is 6. The average molecular weight is 494 g/mol. The van der Waals surface area contributed by atoms with E-state index in [1.54, 1.807) is 25.1 Å². The number of rotatable bonds is 12. The Morgan fingerprint density at radius 1 is 1.03 bits per heavy atom. The molecule has 0 saturated carbocycles. The van der Waals surface area contributed by atoms with Crippen molar-refractivity contribution in [1.29, 1.82) is 0 Å². The number of amides is 1. The van der Waals surface area contributed by atoms with E-state index < -0.39 is 21.8 Å². The van der Waals surface area contributed by atoms with Gasteiger partial charge in [-0.25, -0.2) is 12.8 Å². The largest absolute Gasteiger partial charge is 0.466 e. The molecule has 0 aliphatic carbocycles. The zero-order valence-corrected chi connectivity index (χ0v) is 20.8. The molecule has 2 aromatic carbocycles. The van der Waals surface area contributed by atoms with Gasteiger partial charge in [-0.3, -0.25) is 9.59 Å². The summed E-state index contributed by atoms with van der Waals surface area (Å²) in [6.07, 6.45) is 0.537. The maximum absolute atomic E-state index is 13.3. The highest BCUT2D eigenvalue weighted by Gasteiger charge is 2.25. The average Bonchev–Trinajstić information content (AvgIpc) is 2.78. The highest BCUT2D eigenvalue weighted by atomic mass is 32.2. The number of carbonyl (C=O) groups excluding carboxylic acids is 2. The minimum atomic E-state index is -3.87. The summed E-state index contributed by atoms with van der Waals surface area (Å²) in [5, 5.41) is 2.75. The van der Waals surface area contributed by atoms with Crippen molar-refractivity contribution in [1.82, 2.24) is 4.31 Å². The van der Waals surface area contributed by atoms with Gasteiger partial charge in [0.2, 0.25) is 15.9 Å². The lowest BCUT2D eigenvalue weighted by molar-refractivity contribution is -0.144. The number of carbonyl (C=O) groups is 2. The summed E-state index contributed by atoms with van der Waals surface area (Å²) in [4.78, 5) is 25.6. The predicted octanol–water partition coefficient (Wildman–Crippen LogP) is 3.77. The molecule has 0 aliphatic heterocycles. The van der Waals surface area contributed by atoms with Gasteiger partial charge in [0.15, 0.2) is 0 Å². The van der Waals surface area contributed by atoms with Crippen LogP contribution < -0.4 is 10.2 Å². The second kappa shape index (κ2) is 12.5. The first kappa shape index (κ1) is 27.3. The van der Waals surface area contributed by atoms with E-state index in [4.69, 9.17) is 4.74 Å². The summed E-state index contributed by atoms with van der Waals surface area (Å²) >= 11 is 0. The van der Waals surface area contributed by atoms with Crippen molar-refractivity contribution in [3.63, 3.8) is 0 Å². The van der Waals surface area contributed by atoms with Crippen LogP contribution in [0, 0.1) is 5.82 Å². The van der Waals surface area contributed by atoms with Gasteiger partial charge in [0.1, 0.15) is 5.82 Å². The van der Waals surface area contributed by atoms with Crippen LogP contribution in [-0.2, 0) is 30.9 Å². The third-order valence-corrected chi connectivity index (χ3v) is 6.84. The van der Waals surface area contributed by atoms with E-state index in [2.05, 4.69) is 5.32 Å². The number of halogens is 1. The van der Waals surface area contributed by atoms with E-state index >= 15 is 0 Å². The lowest BCUT2D eigenvalue weighted by atomic mass is 10.1. The van der Waals surface area contributed by atoms with Gasteiger partial charge < -0.3 is 15.0 Å². The van der Waals surface area contributed by atoms with Gasteiger partial charge in [0, 0.05) is 45.0 Å². The summed E-state index contributed by atoms with van der Waals surface area (Å²) in [5.74, 6) is -1.30. The van der Waals surface area contributed by atoms with Crippen molar-refractivity contribution >= 4 is 33.3 Å². The molecule has 10 heteroatoms. The fourth-order valence-corrected chi connectivity index (χ4v) is 4.89. The Balaban J connectivity index is 2.29. The van der Waals surface area contributed by atoms with Gasteiger partial charge in [-0.15, -0.1) is 0 Å². The lowest BCUT2D eigenvalue weighted by Crippen LogP contribution is -2.32. The molecule has 34 heavy (non-hydrogen) atoms. The number of benzene rings is 2. The SMILES string of the molecule is CCCN(Cc1cc(NC(=O)CCC(=O)OCC)ccc1N(C)C)S(=O)(=O)c1ccc(F)cc1. The first-order valence-electron chi connectivity index (χ1n) is 11.1. The van der Waals surface area contributed by atoms with E-state index in [0.29, 0.717) is 17.7 Å². The number of esters is 1. The fraction of sp³-hybridized carbons (Fsp3) is 0.417. The topological polar surface area (TPSA) is 96.0 Å². The number of sulfonamides is 1. The highest BCUT2D eigenvalue weighted by molar-refractivity contribution is 7.89. The molecule has 0 radical (unpaired) electrons. The monoisotopic (exact) mass is 493 g/mol. The van der Waals surface area contributed by atoms with Crippen LogP contribution in [-0.4, -0.2) is 51.8 Å². The second-order valence-electron chi connectivity index (χ2n) is 7.88. The molecule has 0 aliphatic rings. The van der Waals surface area contributed by atoms with Gasteiger partial charge in [0.25, 0.3) is 0 Å². The molecule has 0 fully saturated rings. The summed E-state index contributed by atoms with van der Waals surface area (Å²) in [6, 6.07) is 9.98. The Bertz CT molecular complexity index is 1090. The van der Waals surface area contributed by atoms with Crippen molar-refractivity contribution in [2.75, 3.05) is 37.5 Å². The van der Waals surface area contributed by atoms with Crippen LogP contribution >= 0.6 is 0 Å². The number of nitrogens with one attached hydrogen (secondary N) is 1. The Morgan fingerprint density at radius 2 is 1.71 bits per heavy atom. The van der Waals surface area contributed by atoms with Crippen LogP contribution in [0.15, 0.2) is 47.4 Å². The smallest absolute Gasteiger partial charge is 0.306 e. The molecule has 0 spiro atoms. The summed E-state index contributed by atoms with van der Waals surface area (Å²) in [7, 11) is -0.186. The van der Waals surface area contributed by atoms with Crippen molar-refractivity contribution in [3.05, 3.63) is 53.8 Å². The van der Waals surface area contributed by atoms with Gasteiger partial charge in [0.05, 0.1) is 17.9 Å². The highest BCUT2D eigenvalue weighted by Crippen LogP contribution is 2.27. The predicted molar refractivity (Wildman–Crippen MR) is 130 cm³/mol.